The van der Waals surface area contributed by atoms with Crippen molar-refractivity contribution in [2.45, 2.75) is 43.7 Å². The second-order valence-electron chi connectivity index (χ2n) is 7.85. The van der Waals surface area contributed by atoms with Crippen LogP contribution in [0, 0.1) is 0 Å². The van der Waals surface area contributed by atoms with E-state index in [2.05, 4.69) is 5.32 Å². The lowest BCUT2D eigenvalue weighted by Crippen LogP contribution is -2.49. The number of ether oxygens (including phenoxy) is 1. The van der Waals surface area contributed by atoms with Gasteiger partial charge in [0.25, 0.3) is 5.91 Å². The molecule has 1 aromatic heterocycles. The summed E-state index contributed by atoms with van der Waals surface area (Å²) < 4.78 is 31.6. The summed E-state index contributed by atoms with van der Waals surface area (Å²) in [4.78, 5) is 29.2. The molecule has 32 heavy (non-hydrogen) atoms. The predicted octanol–water partition coefficient (Wildman–Crippen LogP) is 2.49. The van der Waals surface area contributed by atoms with Crippen LogP contribution in [0.1, 0.15) is 40.6 Å². The fraction of sp³-hybridized carbons (Fsp3) is 0.455. The first-order valence-electron chi connectivity index (χ1n) is 10.4. The van der Waals surface area contributed by atoms with Crippen LogP contribution in [0.3, 0.4) is 0 Å². The van der Waals surface area contributed by atoms with Gasteiger partial charge in [-0.1, -0.05) is 13.3 Å². The summed E-state index contributed by atoms with van der Waals surface area (Å²) in [6, 6.07) is 5.59. The zero-order chi connectivity index (χ0) is 23.5. The van der Waals surface area contributed by atoms with E-state index in [0.29, 0.717) is 19.5 Å². The maximum Gasteiger partial charge on any atom is 0.251 e. The van der Waals surface area contributed by atoms with E-state index in [4.69, 9.17) is 4.74 Å². The summed E-state index contributed by atoms with van der Waals surface area (Å²) in [5.41, 5.74) is 1.31. The number of methoxy groups -OCH3 is 1. The van der Waals surface area contributed by atoms with Gasteiger partial charge in [-0.3, -0.25) is 9.59 Å². The van der Waals surface area contributed by atoms with Crippen LogP contribution in [0.4, 0.5) is 0 Å². The normalized spacial score (nSPS) is 14.7. The molecule has 8 nitrogen and oxygen atoms in total. The molecule has 0 aliphatic carbocycles. The van der Waals surface area contributed by atoms with Crippen LogP contribution in [0.15, 0.2) is 34.5 Å². The minimum atomic E-state index is -3.82. The monoisotopic (exact) mass is 479 g/mol. The van der Waals surface area contributed by atoms with Gasteiger partial charge in [-0.2, -0.15) is 0 Å². The molecule has 3 rings (SSSR count). The highest BCUT2D eigenvalue weighted by atomic mass is 32.2. The van der Waals surface area contributed by atoms with Crippen LogP contribution < -0.4 is 10.1 Å². The number of hydrogen-bond acceptors (Lipinski definition) is 6. The van der Waals surface area contributed by atoms with Crippen LogP contribution in [-0.2, 0) is 27.8 Å². The molecule has 2 amide bonds. The van der Waals surface area contributed by atoms with Crippen LogP contribution in [0.25, 0.3) is 0 Å². The molecule has 0 bridgehead atoms. The number of rotatable bonds is 8. The largest absolute Gasteiger partial charge is 0.495 e. The third-order valence-corrected chi connectivity index (χ3v) is 8.34. The van der Waals surface area contributed by atoms with Crippen molar-refractivity contribution in [1.82, 2.24) is 14.5 Å². The molecule has 1 aromatic carbocycles. The molecule has 1 aliphatic rings. The minimum Gasteiger partial charge on any atom is -0.495 e. The molecule has 2 aromatic rings. The van der Waals surface area contributed by atoms with E-state index < -0.39 is 22.0 Å². The topological polar surface area (TPSA) is 96.0 Å². The van der Waals surface area contributed by atoms with Gasteiger partial charge < -0.3 is 15.0 Å². The lowest BCUT2D eigenvalue weighted by Gasteiger charge is -2.31. The molecule has 0 unspecified atom stereocenters. The van der Waals surface area contributed by atoms with E-state index >= 15 is 0 Å². The lowest BCUT2D eigenvalue weighted by atomic mass is 10.1. The molecule has 0 radical (unpaired) electrons. The second kappa shape index (κ2) is 10.0. The van der Waals surface area contributed by atoms with E-state index in [1.165, 1.54) is 44.3 Å². The van der Waals surface area contributed by atoms with Gasteiger partial charge in [0.1, 0.15) is 16.7 Å². The Bertz CT molecular complexity index is 1090. The Hall–Kier alpha value is -2.43. The van der Waals surface area contributed by atoms with Crippen LogP contribution >= 0.6 is 11.3 Å². The van der Waals surface area contributed by atoms with Crippen molar-refractivity contribution in [1.29, 1.82) is 0 Å². The SMILES string of the molecule is CCC[C@H](NC(=O)c1ccc(OC)c(S(=O)(=O)N(C)C)c1)C(=O)N1CCc2sccc2C1. The number of thiophene rings is 1. The van der Waals surface area contributed by atoms with Gasteiger partial charge in [0.2, 0.25) is 15.9 Å². The average Bonchev–Trinajstić information content (AvgIpc) is 3.25. The number of amides is 2. The van der Waals surface area contributed by atoms with Gasteiger partial charge in [0.05, 0.1) is 7.11 Å². The first-order chi connectivity index (χ1) is 15.2. The highest BCUT2D eigenvalue weighted by molar-refractivity contribution is 7.89. The summed E-state index contributed by atoms with van der Waals surface area (Å²) in [6.45, 7) is 3.12. The number of fused-ring (bicyclic) bond motifs is 1. The van der Waals surface area contributed by atoms with Crippen LogP contribution in [-0.4, -0.2) is 63.2 Å². The van der Waals surface area contributed by atoms with E-state index in [0.717, 1.165) is 22.7 Å². The molecule has 10 heteroatoms. The van der Waals surface area contributed by atoms with Gasteiger partial charge in [-0.05, 0) is 48.1 Å². The molecular weight excluding hydrogens is 450 g/mol. The van der Waals surface area contributed by atoms with Crippen molar-refractivity contribution in [3.63, 3.8) is 0 Å². The van der Waals surface area contributed by atoms with Gasteiger partial charge in [-0.25, -0.2) is 12.7 Å². The van der Waals surface area contributed by atoms with Gasteiger partial charge >= 0.3 is 0 Å². The Morgan fingerprint density at radius 1 is 1.28 bits per heavy atom. The molecule has 174 valence electrons. The highest BCUT2D eigenvalue weighted by Gasteiger charge is 2.30. The lowest BCUT2D eigenvalue weighted by molar-refractivity contribution is -0.134. The Morgan fingerprint density at radius 3 is 2.69 bits per heavy atom. The first-order valence-corrected chi connectivity index (χ1v) is 12.8. The Balaban J connectivity index is 1.81. The fourth-order valence-electron chi connectivity index (χ4n) is 3.66. The summed E-state index contributed by atoms with van der Waals surface area (Å²) >= 11 is 1.70. The van der Waals surface area contributed by atoms with Crippen molar-refractivity contribution in [3.05, 3.63) is 45.6 Å². The number of sulfonamides is 1. The minimum absolute atomic E-state index is 0.1000. The van der Waals surface area contributed by atoms with E-state index in [1.54, 1.807) is 16.2 Å². The predicted molar refractivity (Wildman–Crippen MR) is 123 cm³/mol. The summed E-state index contributed by atoms with van der Waals surface area (Å²) in [5.74, 6) is -0.467. The number of hydrogen-bond donors (Lipinski definition) is 1. The number of carbonyl (C=O) groups excluding carboxylic acids is 2. The van der Waals surface area contributed by atoms with Crippen LogP contribution in [0.5, 0.6) is 5.75 Å². The van der Waals surface area contributed by atoms with Gasteiger partial charge in [0.15, 0.2) is 0 Å². The maximum absolute atomic E-state index is 13.2. The van der Waals surface area contributed by atoms with E-state index in [9.17, 15) is 18.0 Å². The molecule has 1 N–H and O–H groups in total. The summed E-state index contributed by atoms with van der Waals surface area (Å²) in [6.07, 6.45) is 2.03. The Labute approximate surface area is 193 Å². The van der Waals surface area contributed by atoms with Gasteiger partial charge in [-0.15, -0.1) is 11.3 Å². The third kappa shape index (κ3) is 4.97. The maximum atomic E-state index is 13.2. The number of nitrogens with zero attached hydrogens (tertiary/aromatic N) is 2. The molecule has 0 fully saturated rings. The van der Waals surface area contributed by atoms with Gasteiger partial charge in [0, 0.05) is 37.6 Å². The smallest absolute Gasteiger partial charge is 0.251 e. The number of carbonyl (C=O) groups is 2. The molecule has 0 saturated carbocycles. The quantitative estimate of drug-likeness (QED) is 0.628. The highest BCUT2D eigenvalue weighted by Crippen LogP contribution is 2.27. The Morgan fingerprint density at radius 2 is 2.03 bits per heavy atom. The molecule has 0 saturated heterocycles. The molecule has 0 spiro atoms. The third-order valence-electron chi connectivity index (χ3n) is 5.48. The van der Waals surface area contributed by atoms with Crippen molar-refractivity contribution in [2.75, 3.05) is 27.7 Å². The van der Waals surface area contributed by atoms with Crippen LogP contribution in [0.2, 0.25) is 0 Å². The first kappa shape index (κ1) is 24.2. The average molecular weight is 480 g/mol. The zero-order valence-corrected chi connectivity index (χ0v) is 20.4. The fourth-order valence-corrected chi connectivity index (χ4v) is 5.63. The van der Waals surface area contributed by atoms with E-state index in [-0.39, 0.29) is 22.1 Å². The number of nitrogens with one attached hydrogen (secondary N) is 1. The molecule has 1 atom stereocenters. The zero-order valence-electron chi connectivity index (χ0n) is 18.8. The second-order valence-corrected chi connectivity index (χ2v) is 11.0. The molecular formula is C22H29N3O5S2. The molecule has 1 aliphatic heterocycles. The molecule has 2 heterocycles. The summed E-state index contributed by atoms with van der Waals surface area (Å²) in [5, 5.41) is 4.85. The number of benzene rings is 1. The van der Waals surface area contributed by atoms with Crippen molar-refractivity contribution in [2.24, 2.45) is 0 Å². The Kier molecular flexibility index (Phi) is 7.58. The van der Waals surface area contributed by atoms with E-state index in [1.807, 2.05) is 18.4 Å². The summed E-state index contributed by atoms with van der Waals surface area (Å²) in [7, 11) is 0.379. The standard InChI is InChI=1S/C22H29N3O5S2/c1-5-6-17(22(27)25-11-9-19-16(14-25)10-12-31-19)23-21(26)15-7-8-18(30-4)20(13-15)32(28,29)24(2)3/h7-8,10,12-13,17H,5-6,9,11,14H2,1-4H3,(H,23,26)/t17-/m0/s1. The van der Waals surface area contributed by atoms with Crippen molar-refractivity contribution in [3.8, 4) is 5.75 Å². The van der Waals surface area contributed by atoms with Crippen molar-refractivity contribution >= 4 is 33.2 Å². The van der Waals surface area contributed by atoms with Crippen molar-refractivity contribution < 1.29 is 22.7 Å².